The van der Waals surface area contributed by atoms with Crippen LogP contribution in [0.25, 0.3) is 0 Å². The minimum Gasteiger partial charge on any atom is -0.392 e. The summed E-state index contributed by atoms with van der Waals surface area (Å²) >= 11 is 0. The highest BCUT2D eigenvalue weighted by Gasteiger charge is 1.63. The maximum absolute atomic E-state index is 8.29. The van der Waals surface area contributed by atoms with Gasteiger partial charge in [-0.25, -0.2) is 0 Å². The van der Waals surface area contributed by atoms with Gasteiger partial charge in [-0.15, -0.1) is 0 Å². The lowest BCUT2D eigenvalue weighted by molar-refractivity contribution is 0.342. The van der Waals surface area contributed by atoms with Crippen molar-refractivity contribution in [1.29, 1.82) is 0 Å². The van der Waals surface area contributed by atoms with Crippen LogP contribution in [0.5, 0.6) is 0 Å². The minimum atomic E-state index is 0.0635. The third-order valence-corrected chi connectivity index (χ3v) is 0.816. The van der Waals surface area contributed by atoms with Crippen molar-refractivity contribution in [1.82, 2.24) is 0 Å². The normalized spacial score (nSPS) is 12.6. The molecule has 0 bridgehead atoms. The van der Waals surface area contributed by atoms with Gasteiger partial charge in [0.25, 0.3) is 0 Å². The first-order chi connectivity index (χ1) is 4.91. The molecule has 0 aromatic rings. The fourth-order valence-electron chi connectivity index (χ4n) is 0.407. The van der Waals surface area contributed by atoms with Crippen LogP contribution >= 0.6 is 0 Å². The first-order valence-electron chi connectivity index (χ1n) is 3.12. The average Bonchev–Trinajstić information content (AvgIpc) is 1.97. The molecule has 0 rings (SSSR count). The molecule has 0 saturated heterocycles. The SMILES string of the molecule is OCC=CC=CC=CCO. The van der Waals surface area contributed by atoms with E-state index in [1.54, 1.807) is 36.5 Å². The smallest absolute Gasteiger partial charge is 0.0615 e. The van der Waals surface area contributed by atoms with Crippen LogP contribution < -0.4 is 0 Å². The van der Waals surface area contributed by atoms with Crippen molar-refractivity contribution in [3.63, 3.8) is 0 Å². The number of aliphatic hydroxyl groups is 2. The third kappa shape index (κ3) is 7.14. The molecule has 0 saturated carbocycles. The van der Waals surface area contributed by atoms with E-state index in [0.29, 0.717) is 0 Å². The maximum Gasteiger partial charge on any atom is 0.0615 e. The van der Waals surface area contributed by atoms with E-state index in [4.69, 9.17) is 10.2 Å². The largest absolute Gasteiger partial charge is 0.392 e. The Kier molecular flexibility index (Phi) is 7.44. The Bertz CT molecular complexity index is 118. The van der Waals surface area contributed by atoms with Crippen LogP contribution in [0, 0.1) is 0 Å². The number of aliphatic hydroxyl groups excluding tert-OH is 2. The molecule has 0 atom stereocenters. The molecule has 0 spiro atoms. The predicted molar refractivity (Wildman–Crippen MR) is 41.6 cm³/mol. The van der Waals surface area contributed by atoms with Gasteiger partial charge >= 0.3 is 0 Å². The summed E-state index contributed by atoms with van der Waals surface area (Å²) in [6.07, 6.45) is 10.3. The number of hydrogen-bond acceptors (Lipinski definition) is 2. The second-order valence-electron chi connectivity index (χ2n) is 1.61. The van der Waals surface area contributed by atoms with Crippen molar-refractivity contribution in [3.05, 3.63) is 36.5 Å². The Morgan fingerprint density at radius 3 is 1.40 bits per heavy atom. The van der Waals surface area contributed by atoms with Crippen LogP contribution in [-0.2, 0) is 0 Å². The zero-order valence-corrected chi connectivity index (χ0v) is 5.77. The Morgan fingerprint density at radius 1 is 0.700 bits per heavy atom. The maximum atomic E-state index is 8.29. The van der Waals surface area contributed by atoms with Gasteiger partial charge in [0, 0.05) is 0 Å². The fourth-order valence-corrected chi connectivity index (χ4v) is 0.407. The molecule has 10 heavy (non-hydrogen) atoms. The molecule has 0 aliphatic rings. The van der Waals surface area contributed by atoms with Crippen molar-refractivity contribution < 1.29 is 10.2 Å². The Balaban J connectivity index is 3.37. The summed E-state index contributed by atoms with van der Waals surface area (Å²) in [7, 11) is 0. The molecule has 2 nitrogen and oxygen atoms in total. The van der Waals surface area contributed by atoms with Gasteiger partial charge in [0.2, 0.25) is 0 Å². The van der Waals surface area contributed by atoms with Crippen LogP contribution in [0.2, 0.25) is 0 Å². The standard InChI is InChI=1S/C8H12O2/c9-7-5-3-1-2-4-6-8-10/h1-6,9-10H,7-8H2. The Labute approximate surface area is 60.8 Å². The summed E-state index contributed by atoms with van der Waals surface area (Å²) in [5.41, 5.74) is 0. The summed E-state index contributed by atoms with van der Waals surface area (Å²) < 4.78 is 0. The zero-order valence-electron chi connectivity index (χ0n) is 5.77. The molecule has 0 aliphatic heterocycles. The predicted octanol–water partition coefficient (Wildman–Crippen LogP) is 0.640. The van der Waals surface area contributed by atoms with Crippen LogP contribution in [-0.4, -0.2) is 23.4 Å². The molecule has 2 N–H and O–H groups in total. The van der Waals surface area contributed by atoms with Gasteiger partial charge in [-0.3, -0.25) is 0 Å². The summed E-state index contributed by atoms with van der Waals surface area (Å²) in [5.74, 6) is 0. The van der Waals surface area contributed by atoms with Gasteiger partial charge in [0.15, 0.2) is 0 Å². The van der Waals surface area contributed by atoms with Crippen molar-refractivity contribution in [2.75, 3.05) is 13.2 Å². The number of rotatable bonds is 4. The van der Waals surface area contributed by atoms with E-state index in [1.807, 2.05) is 0 Å². The van der Waals surface area contributed by atoms with E-state index in [2.05, 4.69) is 0 Å². The quantitative estimate of drug-likeness (QED) is 0.562. The van der Waals surface area contributed by atoms with Gasteiger partial charge in [-0.1, -0.05) is 36.5 Å². The van der Waals surface area contributed by atoms with E-state index in [0.717, 1.165) is 0 Å². The second-order valence-corrected chi connectivity index (χ2v) is 1.61. The molecule has 0 aliphatic carbocycles. The van der Waals surface area contributed by atoms with E-state index in [-0.39, 0.29) is 13.2 Å². The fraction of sp³-hybridized carbons (Fsp3) is 0.250. The summed E-state index contributed by atoms with van der Waals surface area (Å²) in [4.78, 5) is 0. The molecular formula is C8H12O2. The first-order valence-corrected chi connectivity index (χ1v) is 3.12. The van der Waals surface area contributed by atoms with Crippen molar-refractivity contribution >= 4 is 0 Å². The van der Waals surface area contributed by atoms with Crippen LogP contribution in [0.3, 0.4) is 0 Å². The van der Waals surface area contributed by atoms with E-state index >= 15 is 0 Å². The molecule has 0 aromatic carbocycles. The van der Waals surface area contributed by atoms with Gasteiger partial charge in [0.05, 0.1) is 13.2 Å². The topological polar surface area (TPSA) is 40.5 Å². The Morgan fingerprint density at radius 2 is 1.10 bits per heavy atom. The minimum absolute atomic E-state index is 0.0635. The van der Waals surface area contributed by atoms with Crippen LogP contribution in [0.1, 0.15) is 0 Å². The molecule has 0 amide bonds. The lowest BCUT2D eigenvalue weighted by Crippen LogP contribution is -1.68. The van der Waals surface area contributed by atoms with E-state index < -0.39 is 0 Å². The van der Waals surface area contributed by atoms with Gasteiger partial charge in [-0.05, 0) is 0 Å². The molecule has 0 heterocycles. The monoisotopic (exact) mass is 140 g/mol. The van der Waals surface area contributed by atoms with Crippen LogP contribution in [0.4, 0.5) is 0 Å². The van der Waals surface area contributed by atoms with E-state index in [1.165, 1.54) is 0 Å². The van der Waals surface area contributed by atoms with Crippen molar-refractivity contribution in [2.45, 2.75) is 0 Å². The molecule has 0 aromatic heterocycles. The highest BCUT2D eigenvalue weighted by Crippen LogP contribution is 1.78. The molecule has 0 unspecified atom stereocenters. The molecule has 0 fully saturated rings. The second kappa shape index (κ2) is 8.14. The zero-order chi connectivity index (χ0) is 7.66. The average molecular weight is 140 g/mol. The summed E-state index contributed by atoms with van der Waals surface area (Å²) in [6.45, 7) is 0.127. The number of allylic oxidation sites excluding steroid dienone is 4. The highest BCUT2D eigenvalue weighted by atomic mass is 16.3. The lowest BCUT2D eigenvalue weighted by atomic mass is 10.4. The van der Waals surface area contributed by atoms with Gasteiger partial charge in [0.1, 0.15) is 0 Å². The third-order valence-electron chi connectivity index (χ3n) is 0.816. The van der Waals surface area contributed by atoms with Crippen molar-refractivity contribution in [3.8, 4) is 0 Å². The van der Waals surface area contributed by atoms with Crippen LogP contribution in [0.15, 0.2) is 36.5 Å². The lowest BCUT2D eigenvalue weighted by Gasteiger charge is -1.75. The van der Waals surface area contributed by atoms with E-state index in [9.17, 15) is 0 Å². The first kappa shape index (κ1) is 9.14. The summed E-state index contributed by atoms with van der Waals surface area (Å²) in [5, 5.41) is 16.6. The number of hydrogen-bond donors (Lipinski definition) is 2. The molecular weight excluding hydrogens is 128 g/mol. The molecule has 2 heteroatoms. The van der Waals surface area contributed by atoms with Gasteiger partial charge in [-0.2, -0.15) is 0 Å². The van der Waals surface area contributed by atoms with Gasteiger partial charge < -0.3 is 10.2 Å². The summed E-state index contributed by atoms with van der Waals surface area (Å²) in [6, 6.07) is 0. The molecule has 0 radical (unpaired) electrons. The molecule has 56 valence electrons. The van der Waals surface area contributed by atoms with Crippen molar-refractivity contribution in [2.24, 2.45) is 0 Å². The highest BCUT2D eigenvalue weighted by molar-refractivity contribution is 5.10. The Hall–Kier alpha value is -0.860.